The fourth-order valence-electron chi connectivity index (χ4n) is 0.841. The Morgan fingerprint density at radius 1 is 1.54 bits per heavy atom. The Hall–Kier alpha value is -0.220. The van der Waals surface area contributed by atoms with Crippen molar-refractivity contribution in [2.75, 3.05) is 18.6 Å². The summed E-state index contributed by atoms with van der Waals surface area (Å²) in [5.74, 6) is 1.98. The molecule has 13 heavy (non-hydrogen) atoms. The highest BCUT2D eigenvalue weighted by molar-refractivity contribution is 9.10. The summed E-state index contributed by atoms with van der Waals surface area (Å²) < 4.78 is 6.30. The third kappa shape index (κ3) is 4.52. The number of hydrogen-bond donors (Lipinski definition) is 0. The average Bonchev–Trinajstić information content (AvgIpc) is 2.15. The molecule has 0 fully saturated rings. The molecular weight excluding hydrogens is 250 g/mol. The molecule has 4 heteroatoms. The van der Waals surface area contributed by atoms with Crippen molar-refractivity contribution in [3.8, 4) is 5.75 Å². The van der Waals surface area contributed by atoms with Crippen LogP contribution in [0, 0.1) is 0 Å². The quantitative estimate of drug-likeness (QED) is 0.601. The molecule has 0 radical (unpaired) electrons. The van der Waals surface area contributed by atoms with Gasteiger partial charge in [0, 0.05) is 0 Å². The van der Waals surface area contributed by atoms with Crippen molar-refractivity contribution in [2.24, 2.45) is 0 Å². The van der Waals surface area contributed by atoms with Crippen molar-refractivity contribution in [3.63, 3.8) is 0 Å². The van der Waals surface area contributed by atoms with Gasteiger partial charge in [-0.25, -0.2) is 4.98 Å². The first-order valence-electron chi connectivity index (χ1n) is 4.06. The molecule has 1 aromatic heterocycles. The maximum absolute atomic E-state index is 5.47. The van der Waals surface area contributed by atoms with Crippen LogP contribution in [0.1, 0.15) is 6.42 Å². The molecule has 0 aliphatic heterocycles. The van der Waals surface area contributed by atoms with Crippen LogP contribution in [0.3, 0.4) is 0 Å². The molecule has 0 spiro atoms. The van der Waals surface area contributed by atoms with Gasteiger partial charge in [-0.05, 0) is 46.5 Å². The molecule has 1 aromatic rings. The summed E-state index contributed by atoms with van der Waals surface area (Å²) in [5.41, 5.74) is 0. The van der Waals surface area contributed by atoms with Crippen LogP contribution in [0.5, 0.6) is 5.75 Å². The monoisotopic (exact) mass is 261 g/mol. The van der Waals surface area contributed by atoms with Crippen LogP contribution in [0.15, 0.2) is 22.9 Å². The smallest absolute Gasteiger partial charge is 0.137 e. The third-order valence-electron chi connectivity index (χ3n) is 1.46. The molecule has 0 amide bonds. The fourth-order valence-corrected chi connectivity index (χ4v) is 1.48. The van der Waals surface area contributed by atoms with E-state index in [0.29, 0.717) is 0 Å². The van der Waals surface area contributed by atoms with Gasteiger partial charge in [0.1, 0.15) is 10.4 Å². The Kier molecular flexibility index (Phi) is 5.23. The predicted molar refractivity (Wildman–Crippen MR) is 60.4 cm³/mol. The van der Waals surface area contributed by atoms with Crippen LogP contribution in [-0.4, -0.2) is 23.6 Å². The van der Waals surface area contributed by atoms with Crippen molar-refractivity contribution in [1.82, 2.24) is 4.98 Å². The number of thioether (sulfide) groups is 1. The minimum Gasteiger partial charge on any atom is -0.492 e. The van der Waals surface area contributed by atoms with E-state index in [2.05, 4.69) is 27.2 Å². The molecule has 2 nitrogen and oxygen atoms in total. The lowest BCUT2D eigenvalue weighted by atomic mass is 10.4. The van der Waals surface area contributed by atoms with Crippen LogP contribution < -0.4 is 4.74 Å². The number of rotatable bonds is 5. The van der Waals surface area contributed by atoms with Gasteiger partial charge in [0.05, 0.1) is 12.8 Å². The summed E-state index contributed by atoms with van der Waals surface area (Å²) in [4.78, 5) is 4.06. The van der Waals surface area contributed by atoms with Crippen molar-refractivity contribution in [2.45, 2.75) is 6.42 Å². The largest absolute Gasteiger partial charge is 0.492 e. The van der Waals surface area contributed by atoms with Crippen molar-refractivity contribution < 1.29 is 4.74 Å². The first-order chi connectivity index (χ1) is 6.33. The van der Waals surface area contributed by atoms with E-state index in [1.165, 1.54) is 0 Å². The Balaban J connectivity index is 2.25. The van der Waals surface area contributed by atoms with Crippen LogP contribution in [0.4, 0.5) is 0 Å². The third-order valence-corrected chi connectivity index (χ3v) is 2.63. The molecule has 0 bridgehead atoms. The van der Waals surface area contributed by atoms with Gasteiger partial charge >= 0.3 is 0 Å². The summed E-state index contributed by atoms with van der Waals surface area (Å²) in [5, 5.41) is 0. The molecular formula is C9H12BrNOS. The summed E-state index contributed by atoms with van der Waals surface area (Å²) in [6.07, 6.45) is 4.90. The van der Waals surface area contributed by atoms with Gasteiger partial charge < -0.3 is 4.74 Å². The van der Waals surface area contributed by atoms with E-state index in [9.17, 15) is 0 Å². The van der Waals surface area contributed by atoms with E-state index >= 15 is 0 Å². The summed E-state index contributed by atoms with van der Waals surface area (Å²) in [7, 11) is 0. The van der Waals surface area contributed by atoms with Gasteiger partial charge in [-0.3, -0.25) is 0 Å². The van der Waals surface area contributed by atoms with Gasteiger partial charge in [-0.2, -0.15) is 11.8 Å². The van der Waals surface area contributed by atoms with Gasteiger partial charge in [-0.15, -0.1) is 0 Å². The number of ether oxygens (including phenoxy) is 1. The zero-order valence-corrected chi connectivity index (χ0v) is 9.90. The molecule has 72 valence electrons. The normalized spacial score (nSPS) is 10.0. The molecule has 0 unspecified atom stereocenters. The van der Waals surface area contributed by atoms with Crippen molar-refractivity contribution in [1.29, 1.82) is 0 Å². The Bertz CT molecular complexity index is 240. The summed E-state index contributed by atoms with van der Waals surface area (Å²) >= 11 is 5.10. The SMILES string of the molecule is CSCCCOc1ccc(Br)nc1. The Morgan fingerprint density at radius 2 is 2.38 bits per heavy atom. The zero-order valence-electron chi connectivity index (χ0n) is 7.50. The molecule has 1 heterocycles. The molecule has 0 saturated carbocycles. The molecule has 0 aliphatic carbocycles. The number of aromatic nitrogens is 1. The van der Waals surface area contributed by atoms with Gasteiger partial charge in [0.25, 0.3) is 0 Å². The highest BCUT2D eigenvalue weighted by Gasteiger charge is 1.93. The van der Waals surface area contributed by atoms with Crippen LogP contribution in [0.25, 0.3) is 0 Å². The molecule has 0 atom stereocenters. The lowest BCUT2D eigenvalue weighted by Crippen LogP contribution is -1.98. The van der Waals surface area contributed by atoms with E-state index < -0.39 is 0 Å². The number of pyridine rings is 1. The molecule has 0 saturated heterocycles. The topological polar surface area (TPSA) is 22.1 Å². The Morgan fingerprint density at radius 3 is 3.00 bits per heavy atom. The molecule has 0 aromatic carbocycles. The maximum atomic E-state index is 5.47. The lowest BCUT2D eigenvalue weighted by Gasteiger charge is -2.04. The highest BCUT2D eigenvalue weighted by Crippen LogP contribution is 2.12. The second kappa shape index (κ2) is 6.27. The van der Waals surface area contributed by atoms with E-state index in [-0.39, 0.29) is 0 Å². The van der Waals surface area contributed by atoms with Crippen LogP contribution in [0.2, 0.25) is 0 Å². The standard InChI is InChI=1S/C9H12BrNOS/c1-13-6-2-5-12-8-3-4-9(10)11-7-8/h3-4,7H,2,5-6H2,1H3. The summed E-state index contributed by atoms with van der Waals surface area (Å²) in [6, 6.07) is 3.79. The summed E-state index contributed by atoms with van der Waals surface area (Å²) in [6.45, 7) is 0.768. The minimum atomic E-state index is 0.768. The van der Waals surface area contributed by atoms with Crippen molar-refractivity contribution in [3.05, 3.63) is 22.9 Å². The van der Waals surface area contributed by atoms with E-state index in [4.69, 9.17) is 4.74 Å². The number of nitrogens with zero attached hydrogens (tertiary/aromatic N) is 1. The van der Waals surface area contributed by atoms with Crippen molar-refractivity contribution >= 4 is 27.7 Å². The van der Waals surface area contributed by atoms with E-state index in [1.807, 2.05) is 23.9 Å². The average molecular weight is 262 g/mol. The first kappa shape index (κ1) is 10.9. The van der Waals surface area contributed by atoms with Gasteiger partial charge in [0.2, 0.25) is 0 Å². The second-order valence-corrected chi connectivity index (χ2v) is 4.31. The van der Waals surface area contributed by atoms with Gasteiger partial charge in [0.15, 0.2) is 0 Å². The van der Waals surface area contributed by atoms with E-state index in [1.54, 1.807) is 6.20 Å². The minimum absolute atomic E-state index is 0.768. The highest BCUT2D eigenvalue weighted by atomic mass is 79.9. The first-order valence-corrected chi connectivity index (χ1v) is 6.25. The fraction of sp³-hybridized carbons (Fsp3) is 0.444. The number of halogens is 1. The lowest BCUT2D eigenvalue weighted by molar-refractivity contribution is 0.317. The second-order valence-electron chi connectivity index (χ2n) is 2.51. The predicted octanol–water partition coefficient (Wildman–Crippen LogP) is 2.98. The molecule has 0 N–H and O–H groups in total. The molecule has 1 rings (SSSR count). The van der Waals surface area contributed by atoms with Gasteiger partial charge in [-0.1, -0.05) is 0 Å². The van der Waals surface area contributed by atoms with Crippen LogP contribution >= 0.6 is 27.7 Å². The van der Waals surface area contributed by atoms with Crippen LogP contribution in [-0.2, 0) is 0 Å². The zero-order chi connectivity index (χ0) is 9.52. The molecule has 0 aliphatic rings. The number of hydrogen-bond acceptors (Lipinski definition) is 3. The maximum Gasteiger partial charge on any atom is 0.137 e. The van der Waals surface area contributed by atoms with E-state index in [0.717, 1.165) is 29.1 Å². The Labute approximate surface area is 91.2 Å².